The molecule has 0 aromatic rings. The third kappa shape index (κ3) is 3.76. The molecule has 1 aliphatic heterocycles. The molecule has 1 atom stereocenters. The molecule has 0 aromatic heterocycles. The van der Waals surface area contributed by atoms with Crippen LogP contribution in [0.3, 0.4) is 0 Å². The number of amides is 2. The summed E-state index contributed by atoms with van der Waals surface area (Å²) in [6.07, 6.45) is 3.15. The molecule has 0 bridgehead atoms. The van der Waals surface area contributed by atoms with E-state index < -0.39 is 5.97 Å². The highest BCUT2D eigenvalue weighted by Crippen LogP contribution is 2.26. The maximum absolute atomic E-state index is 12.3. The summed E-state index contributed by atoms with van der Waals surface area (Å²) in [4.78, 5) is 38.1. The Kier molecular flexibility index (Phi) is 5.39. The van der Waals surface area contributed by atoms with Crippen molar-refractivity contribution in [3.63, 3.8) is 0 Å². The predicted octanol–water partition coefficient (Wildman–Crippen LogP) is 0.0510. The highest BCUT2D eigenvalue weighted by molar-refractivity contribution is 5.87. The molecule has 0 aromatic carbocycles. The van der Waals surface area contributed by atoms with E-state index in [9.17, 15) is 14.4 Å². The summed E-state index contributed by atoms with van der Waals surface area (Å²) < 4.78 is 0. The SMILES string of the molecule is CCN(CC(=O)O)C1CC(NC(=O)C2CCCN2C(C)=O)C1. The van der Waals surface area contributed by atoms with Crippen molar-refractivity contribution < 1.29 is 19.5 Å². The number of carboxylic acids is 1. The third-order valence-corrected chi connectivity index (χ3v) is 4.68. The summed E-state index contributed by atoms with van der Waals surface area (Å²) in [5, 5.41) is 11.9. The van der Waals surface area contributed by atoms with E-state index in [0.717, 1.165) is 25.7 Å². The summed E-state index contributed by atoms with van der Waals surface area (Å²) in [7, 11) is 0. The minimum Gasteiger partial charge on any atom is -0.480 e. The quantitative estimate of drug-likeness (QED) is 0.723. The van der Waals surface area contributed by atoms with Gasteiger partial charge in [0.1, 0.15) is 6.04 Å². The first-order valence-electron chi connectivity index (χ1n) is 7.95. The Labute approximate surface area is 130 Å². The zero-order valence-electron chi connectivity index (χ0n) is 13.2. The molecule has 0 radical (unpaired) electrons. The van der Waals surface area contributed by atoms with Crippen molar-refractivity contribution in [1.29, 1.82) is 0 Å². The average molecular weight is 311 g/mol. The summed E-state index contributed by atoms with van der Waals surface area (Å²) in [5.74, 6) is -0.947. The van der Waals surface area contributed by atoms with Crippen molar-refractivity contribution in [1.82, 2.24) is 15.1 Å². The molecule has 2 amide bonds. The van der Waals surface area contributed by atoms with Gasteiger partial charge in [0, 0.05) is 25.6 Å². The van der Waals surface area contributed by atoms with Gasteiger partial charge >= 0.3 is 5.97 Å². The zero-order chi connectivity index (χ0) is 16.3. The van der Waals surface area contributed by atoms with Crippen LogP contribution in [0.2, 0.25) is 0 Å². The van der Waals surface area contributed by atoms with Crippen LogP contribution in [0.4, 0.5) is 0 Å². The number of likely N-dealkylation sites (N-methyl/N-ethyl adjacent to an activating group) is 1. The lowest BCUT2D eigenvalue weighted by atomic mass is 9.85. The summed E-state index contributed by atoms with van der Waals surface area (Å²) in [5.41, 5.74) is 0. The second kappa shape index (κ2) is 7.09. The lowest BCUT2D eigenvalue weighted by Crippen LogP contribution is -2.57. The molecule has 22 heavy (non-hydrogen) atoms. The van der Waals surface area contributed by atoms with E-state index in [4.69, 9.17) is 5.11 Å². The summed E-state index contributed by atoms with van der Waals surface area (Å²) in [6.45, 7) is 4.83. The van der Waals surface area contributed by atoms with Crippen LogP contribution in [0.15, 0.2) is 0 Å². The fraction of sp³-hybridized carbons (Fsp3) is 0.800. The Morgan fingerprint density at radius 1 is 1.32 bits per heavy atom. The van der Waals surface area contributed by atoms with Crippen molar-refractivity contribution in [2.45, 2.75) is 57.7 Å². The van der Waals surface area contributed by atoms with Crippen molar-refractivity contribution >= 4 is 17.8 Å². The van der Waals surface area contributed by atoms with Crippen LogP contribution < -0.4 is 5.32 Å². The highest BCUT2D eigenvalue weighted by Gasteiger charge is 2.38. The van der Waals surface area contributed by atoms with E-state index in [2.05, 4.69) is 5.32 Å². The second-order valence-electron chi connectivity index (χ2n) is 6.16. The molecule has 1 unspecified atom stereocenters. The minimum atomic E-state index is -0.822. The first-order chi connectivity index (χ1) is 10.4. The van der Waals surface area contributed by atoms with Gasteiger partial charge < -0.3 is 15.3 Å². The smallest absolute Gasteiger partial charge is 0.317 e. The van der Waals surface area contributed by atoms with Gasteiger partial charge in [0.15, 0.2) is 0 Å². The van der Waals surface area contributed by atoms with Crippen LogP contribution in [0, 0.1) is 0 Å². The topological polar surface area (TPSA) is 90.0 Å². The normalized spacial score (nSPS) is 27.6. The molecule has 0 spiro atoms. The lowest BCUT2D eigenvalue weighted by molar-refractivity contribution is -0.140. The molecule has 1 aliphatic carbocycles. The van der Waals surface area contributed by atoms with Gasteiger partial charge in [-0.2, -0.15) is 0 Å². The van der Waals surface area contributed by atoms with Crippen LogP contribution >= 0.6 is 0 Å². The third-order valence-electron chi connectivity index (χ3n) is 4.68. The molecule has 2 N–H and O–H groups in total. The van der Waals surface area contributed by atoms with E-state index in [1.807, 2.05) is 11.8 Å². The fourth-order valence-electron chi connectivity index (χ4n) is 3.39. The second-order valence-corrected chi connectivity index (χ2v) is 6.16. The first-order valence-corrected chi connectivity index (χ1v) is 7.95. The number of aliphatic carboxylic acids is 1. The number of carbonyl (C=O) groups is 3. The maximum Gasteiger partial charge on any atom is 0.317 e. The van der Waals surface area contributed by atoms with Crippen LogP contribution in [-0.4, -0.2) is 70.4 Å². The number of hydrogen-bond donors (Lipinski definition) is 2. The van der Waals surface area contributed by atoms with Gasteiger partial charge in [-0.25, -0.2) is 0 Å². The molecule has 2 aliphatic rings. The Morgan fingerprint density at radius 2 is 2.00 bits per heavy atom. The van der Waals surface area contributed by atoms with Gasteiger partial charge in [-0.3, -0.25) is 19.3 Å². The van der Waals surface area contributed by atoms with Gasteiger partial charge in [0.25, 0.3) is 0 Å². The van der Waals surface area contributed by atoms with Gasteiger partial charge in [-0.1, -0.05) is 6.92 Å². The fourth-order valence-corrected chi connectivity index (χ4v) is 3.39. The largest absolute Gasteiger partial charge is 0.480 e. The van der Waals surface area contributed by atoms with E-state index in [1.54, 1.807) is 4.90 Å². The average Bonchev–Trinajstić information content (AvgIpc) is 2.89. The number of rotatable bonds is 6. The van der Waals surface area contributed by atoms with E-state index >= 15 is 0 Å². The van der Waals surface area contributed by atoms with Crippen LogP contribution in [0.1, 0.15) is 39.5 Å². The molecule has 1 saturated heterocycles. The molecule has 124 valence electrons. The Morgan fingerprint density at radius 3 is 2.55 bits per heavy atom. The molecular formula is C15H25N3O4. The molecule has 1 saturated carbocycles. The van der Waals surface area contributed by atoms with Crippen LogP contribution in [-0.2, 0) is 14.4 Å². The van der Waals surface area contributed by atoms with E-state index in [-0.39, 0.29) is 36.5 Å². The summed E-state index contributed by atoms with van der Waals surface area (Å²) in [6, 6.07) is -0.0218. The number of carbonyl (C=O) groups excluding carboxylic acids is 2. The van der Waals surface area contributed by atoms with Crippen molar-refractivity contribution in [2.75, 3.05) is 19.6 Å². The van der Waals surface area contributed by atoms with E-state index in [0.29, 0.717) is 13.1 Å². The summed E-state index contributed by atoms with van der Waals surface area (Å²) >= 11 is 0. The Balaban J connectivity index is 1.78. The van der Waals surface area contributed by atoms with Gasteiger partial charge in [-0.15, -0.1) is 0 Å². The van der Waals surface area contributed by atoms with Crippen molar-refractivity contribution in [3.05, 3.63) is 0 Å². The first kappa shape index (κ1) is 16.7. The van der Waals surface area contributed by atoms with Gasteiger partial charge in [0.05, 0.1) is 6.54 Å². The van der Waals surface area contributed by atoms with Crippen molar-refractivity contribution in [2.24, 2.45) is 0 Å². The number of carboxylic acid groups (broad SMARTS) is 1. The number of nitrogens with zero attached hydrogens (tertiary/aromatic N) is 2. The maximum atomic E-state index is 12.3. The van der Waals surface area contributed by atoms with Crippen molar-refractivity contribution in [3.8, 4) is 0 Å². The molecule has 2 fully saturated rings. The Hall–Kier alpha value is -1.63. The molecule has 2 rings (SSSR count). The Bertz CT molecular complexity index is 448. The van der Waals surface area contributed by atoms with Gasteiger partial charge in [0.2, 0.25) is 11.8 Å². The number of nitrogens with one attached hydrogen (secondary N) is 1. The van der Waals surface area contributed by atoms with Crippen LogP contribution in [0.5, 0.6) is 0 Å². The molecule has 7 nitrogen and oxygen atoms in total. The minimum absolute atomic E-state index is 0.0442. The highest BCUT2D eigenvalue weighted by atomic mass is 16.4. The standard InChI is InChI=1S/C15H25N3O4/c1-3-17(9-14(20)21)12-7-11(8-12)16-15(22)13-5-4-6-18(13)10(2)19/h11-13H,3-9H2,1-2H3,(H,16,22)(H,20,21). The lowest BCUT2D eigenvalue weighted by Gasteiger charge is -2.42. The molecular weight excluding hydrogens is 286 g/mol. The monoisotopic (exact) mass is 311 g/mol. The predicted molar refractivity (Wildman–Crippen MR) is 80.2 cm³/mol. The van der Waals surface area contributed by atoms with Crippen LogP contribution in [0.25, 0.3) is 0 Å². The van der Waals surface area contributed by atoms with E-state index in [1.165, 1.54) is 6.92 Å². The number of likely N-dealkylation sites (tertiary alicyclic amines) is 1. The van der Waals surface area contributed by atoms with Gasteiger partial charge in [-0.05, 0) is 32.2 Å². The molecule has 7 heteroatoms. The molecule has 1 heterocycles. The number of hydrogen-bond acceptors (Lipinski definition) is 4. The zero-order valence-corrected chi connectivity index (χ0v) is 13.2.